The maximum Gasteiger partial charge on any atom is 0.247 e. The van der Waals surface area contributed by atoms with Crippen molar-refractivity contribution in [2.45, 2.75) is 58.8 Å². The summed E-state index contributed by atoms with van der Waals surface area (Å²) in [6.45, 7) is 12.4. The van der Waals surface area contributed by atoms with Crippen LogP contribution in [0.2, 0.25) is 0 Å². The molecule has 3 rings (SSSR count). The summed E-state index contributed by atoms with van der Waals surface area (Å²) in [5.74, 6) is 0.663. The van der Waals surface area contributed by atoms with E-state index in [1.807, 2.05) is 36.4 Å². The van der Waals surface area contributed by atoms with Crippen molar-refractivity contribution < 1.29 is 9.90 Å². The summed E-state index contributed by atoms with van der Waals surface area (Å²) < 4.78 is 0. The Morgan fingerprint density at radius 1 is 1.10 bits per heavy atom. The van der Waals surface area contributed by atoms with E-state index in [4.69, 9.17) is 0 Å². The van der Waals surface area contributed by atoms with E-state index in [0.717, 1.165) is 27.7 Å². The monoisotopic (exact) mass is 406 g/mol. The number of H-pyrrole nitrogens is 1. The molecule has 6 nitrogen and oxygen atoms in total. The van der Waals surface area contributed by atoms with Gasteiger partial charge in [-0.2, -0.15) is 5.10 Å². The molecular weight excluding hydrogens is 376 g/mol. The summed E-state index contributed by atoms with van der Waals surface area (Å²) in [6.07, 6.45) is 1.72. The number of hydrogen-bond acceptors (Lipinski definition) is 4. The number of para-hydroxylation sites is 2. The molecule has 3 aromatic rings. The number of hydrogen-bond donors (Lipinski definition) is 3. The molecule has 0 radical (unpaired) electrons. The van der Waals surface area contributed by atoms with Crippen molar-refractivity contribution in [2.24, 2.45) is 5.10 Å². The van der Waals surface area contributed by atoms with Gasteiger partial charge in [0.25, 0.3) is 0 Å². The number of aromatic nitrogens is 2. The quantitative estimate of drug-likeness (QED) is 0.438. The number of phenols is 1. The second-order valence-corrected chi connectivity index (χ2v) is 9.64. The summed E-state index contributed by atoms with van der Waals surface area (Å²) in [5.41, 5.74) is 6.38. The Balaban J connectivity index is 1.77. The van der Waals surface area contributed by atoms with Gasteiger partial charge in [0.05, 0.1) is 23.7 Å². The van der Waals surface area contributed by atoms with E-state index in [-0.39, 0.29) is 23.2 Å². The second-order valence-electron chi connectivity index (χ2n) is 9.64. The molecule has 0 saturated carbocycles. The molecule has 0 unspecified atom stereocenters. The van der Waals surface area contributed by atoms with Crippen molar-refractivity contribution >= 4 is 23.2 Å². The van der Waals surface area contributed by atoms with Crippen LogP contribution < -0.4 is 5.43 Å². The molecule has 0 atom stereocenters. The average molecular weight is 407 g/mol. The molecule has 1 heterocycles. The van der Waals surface area contributed by atoms with Crippen molar-refractivity contribution in [3.05, 3.63) is 58.9 Å². The van der Waals surface area contributed by atoms with Gasteiger partial charge in [0.2, 0.25) is 5.91 Å². The van der Waals surface area contributed by atoms with Crippen LogP contribution >= 0.6 is 0 Å². The molecule has 158 valence electrons. The molecule has 0 aliphatic heterocycles. The third-order valence-electron chi connectivity index (χ3n) is 4.92. The van der Waals surface area contributed by atoms with E-state index in [2.05, 4.69) is 62.0 Å². The summed E-state index contributed by atoms with van der Waals surface area (Å²) in [4.78, 5) is 19.8. The Kier molecular flexibility index (Phi) is 5.70. The van der Waals surface area contributed by atoms with Crippen molar-refractivity contribution in [3.63, 3.8) is 0 Å². The van der Waals surface area contributed by atoms with Crippen molar-refractivity contribution in [3.8, 4) is 5.75 Å². The van der Waals surface area contributed by atoms with Crippen molar-refractivity contribution in [1.82, 2.24) is 15.4 Å². The predicted molar refractivity (Wildman–Crippen MR) is 121 cm³/mol. The highest BCUT2D eigenvalue weighted by atomic mass is 16.3. The van der Waals surface area contributed by atoms with Crippen LogP contribution in [0.25, 0.3) is 11.0 Å². The van der Waals surface area contributed by atoms with Crippen LogP contribution in [0.4, 0.5) is 0 Å². The van der Waals surface area contributed by atoms with Crippen LogP contribution in [0.1, 0.15) is 64.1 Å². The number of hydrazone groups is 1. The number of carbonyl (C=O) groups is 1. The molecule has 0 aliphatic rings. The fourth-order valence-electron chi connectivity index (χ4n) is 3.33. The van der Waals surface area contributed by atoms with Gasteiger partial charge in [0.15, 0.2) is 0 Å². The summed E-state index contributed by atoms with van der Waals surface area (Å²) in [6, 6.07) is 11.5. The van der Waals surface area contributed by atoms with Crippen LogP contribution in [-0.2, 0) is 22.0 Å². The van der Waals surface area contributed by atoms with E-state index < -0.39 is 0 Å². The van der Waals surface area contributed by atoms with Crippen LogP contribution in [0.3, 0.4) is 0 Å². The minimum Gasteiger partial charge on any atom is -0.507 e. The Bertz CT molecular complexity index is 1030. The molecule has 0 fully saturated rings. The lowest BCUT2D eigenvalue weighted by Crippen LogP contribution is -2.21. The molecule has 2 aromatic carbocycles. The van der Waals surface area contributed by atoms with E-state index in [0.29, 0.717) is 11.6 Å². The van der Waals surface area contributed by atoms with Crippen molar-refractivity contribution in [1.29, 1.82) is 0 Å². The zero-order valence-corrected chi connectivity index (χ0v) is 18.5. The standard InChI is InChI=1S/C24H30N4O2/c1-23(2,3)16-11-15(12-17(22(16)30)24(4,5)6)14-25-28-21(29)13-20-26-18-9-7-8-10-19(18)27-20/h7-12,14,30H,13H2,1-6H3,(H,26,27)(H,28,29)/b25-14-. The number of carbonyl (C=O) groups excluding carboxylic acids is 1. The van der Waals surface area contributed by atoms with E-state index >= 15 is 0 Å². The highest BCUT2D eigenvalue weighted by molar-refractivity contribution is 5.84. The summed E-state index contributed by atoms with van der Waals surface area (Å²) in [7, 11) is 0. The number of nitrogens with zero attached hydrogens (tertiary/aromatic N) is 2. The summed E-state index contributed by atoms with van der Waals surface area (Å²) in [5, 5.41) is 14.9. The lowest BCUT2D eigenvalue weighted by Gasteiger charge is -2.27. The molecular formula is C24H30N4O2. The average Bonchev–Trinajstić information content (AvgIpc) is 3.03. The lowest BCUT2D eigenvalue weighted by molar-refractivity contribution is -0.120. The third kappa shape index (κ3) is 4.87. The van der Waals surface area contributed by atoms with E-state index in [1.54, 1.807) is 6.21 Å². The first-order valence-corrected chi connectivity index (χ1v) is 10.1. The van der Waals surface area contributed by atoms with Crippen LogP contribution in [-0.4, -0.2) is 27.2 Å². The number of fused-ring (bicyclic) bond motifs is 1. The zero-order chi connectivity index (χ0) is 22.1. The van der Waals surface area contributed by atoms with E-state index in [1.165, 1.54) is 0 Å². The largest absolute Gasteiger partial charge is 0.507 e. The van der Waals surface area contributed by atoms with Gasteiger partial charge in [-0.3, -0.25) is 4.79 Å². The fourth-order valence-corrected chi connectivity index (χ4v) is 3.33. The molecule has 30 heavy (non-hydrogen) atoms. The van der Waals surface area contributed by atoms with Gasteiger partial charge in [-0.25, -0.2) is 10.4 Å². The smallest absolute Gasteiger partial charge is 0.247 e. The third-order valence-corrected chi connectivity index (χ3v) is 4.92. The number of imidazole rings is 1. The highest BCUT2D eigenvalue weighted by Gasteiger charge is 2.26. The predicted octanol–water partition coefficient (Wildman–Crippen LogP) is 4.56. The number of benzene rings is 2. The van der Waals surface area contributed by atoms with Gasteiger partial charge in [0.1, 0.15) is 11.6 Å². The Morgan fingerprint density at radius 3 is 2.27 bits per heavy atom. The Morgan fingerprint density at radius 2 is 1.70 bits per heavy atom. The van der Waals surface area contributed by atoms with E-state index in [9.17, 15) is 9.90 Å². The number of phenolic OH excluding ortho intramolecular Hbond substituents is 1. The fraction of sp³-hybridized carbons (Fsp3) is 0.375. The highest BCUT2D eigenvalue weighted by Crippen LogP contribution is 2.39. The van der Waals surface area contributed by atoms with Gasteiger partial charge < -0.3 is 10.1 Å². The van der Waals surface area contributed by atoms with Crippen LogP contribution in [0, 0.1) is 0 Å². The zero-order valence-electron chi connectivity index (χ0n) is 18.5. The summed E-state index contributed by atoms with van der Waals surface area (Å²) >= 11 is 0. The Hall–Kier alpha value is -3.15. The first kappa shape index (κ1) is 21.6. The van der Waals surface area contributed by atoms with Gasteiger partial charge in [-0.1, -0.05) is 53.7 Å². The minimum absolute atomic E-state index is 0.113. The molecule has 0 saturated heterocycles. The molecule has 1 amide bonds. The Labute approximate surface area is 177 Å². The maximum atomic E-state index is 12.3. The van der Waals surface area contributed by atoms with Gasteiger partial charge >= 0.3 is 0 Å². The lowest BCUT2D eigenvalue weighted by atomic mass is 9.78. The molecule has 0 aliphatic carbocycles. The molecule has 6 heteroatoms. The second kappa shape index (κ2) is 7.94. The normalized spacial score (nSPS) is 12.6. The SMILES string of the molecule is CC(C)(C)c1cc(/C=N\NC(=O)Cc2nc3ccccc3[nH]2)cc(C(C)(C)C)c1O. The van der Waals surface area contributed by atoms with Gasteiger partial charge in [0, 0.05) is 11.1 Å². The number of aromatic amines is 1. The molecule has 3 N–H and O–H groups in total. The molecule has 1 aromatic heterocycles. The number of rotatable bonds is 4. The first-order chi connectivity index (χ1) is 13.9. The van der Waals surface area contributed by atoms with Crippen LogP contribution in [0.5, 0.6) is 5.75 Å². The van der Waals surface area contributed by atoms with Gasteiger partial charge in [-0.15, -0.1) is 0 Å². The van der Waals surface area contributed by atoms with Crippen molar-refractivity contribution in [2.75, 3.05) is 0 Å². The number of amides is 1. The van der Waals surface area contributed by atoms with Gasteiger partial charge in [-0.05, 0) is 40.7 Å². The van der Waals surface area contributed by atoms with Crippen LogP contribution in [0.15, 0.2) is 41.5 Å². The minimum atomic E-state index is -0.254. The molecule has 0 bridgehead atoms. The topological polar surface area (TPSA) is 90.4 Å². The number of aromatic hydroxyl groups is 1. The molecule has 0 spiro atoms. The first-order valence-electron chi connectivity index (χ1n) is 10.1. The maximum absolute atomic E-state index is 12.3. The number of nitrogens with one attached hydrogen (secondary N) is 2.